The molecule has 2 aromatic rings. The molecule has 0 saturated carbocycles. The second kappa shape index (κ2) is 5.65. The van der Waals surface area contributed by atoms with Crippen LogP contribution in [-0.2, 0) is 0 Å². The van der Waals surface area contributed by atoms with Crippen molar-refractivity contribution in [2.45, 2.75) is 0 Å². The van der Waals surface area contributed by atoms with Crippen molar-refractivity contribution < 1.29 is 4.79 Å². The molecule has 2 N–H and O–H groups in total. The molecule has 2 rings (SSSR count). The van der Waals surface area contributed by atoms with E-state index in [4.69, 9.17) is 5.84 Å². The molecule has 1 aromatic heterocycles. The molecule has 0 aliphatic heterocycles. The van der Waals surface area contributed by atoms with E-state index < -0.39 is 0 Å². The number of benzene rings is 1. The van der Waals surface area contributed by atoms with E-state index in [0.29, 0.717) is 10.6 Å². The van der Waals surface area contributed by atoms with E-state index in [1.807, 2.05) is 29.6 Å². The van der Waals surface area contributed by atoms with Crippen molar-refractivity contribution in [3.63, 3.8) is 0 Å². The predicted molar refractivity (Wildman–Crippen MR) is 69.0 cm³/mol. The predicted octanol–water partition coefficient (Wildman–Crippen LogP) is 2.69. The van der Waals surface area contributed by atoms with Crippen molar-refractivity contribution in [3.8, 4) is 0 Å². The van der Waals surface area contributed by atoms with Crippen LogP contribution in [0.5, 0.6) is 0 Å². The molecule has 1 heterocycles. The Labute approximate surface area is 104 Å². The lowest BCUT2D eigenvalue weighted by atomic mass is 10.3. The number of para-hydroxylation sites is 1. The molecule has 0 atom stereocenters. The zero-order valence-corrected chi connectivity index (χ0v) is 10.0. The molecule has 0 unspecified atom stereocenters. The summed E-state index contributed by atoms with van der Waals surface area (Å²) in [6.45, 7) is 0. The van der Waals surface area contributed by atoms with Gasteiger partial charge in [0.15, 0.2) is 0 Å². The fourth-order valence-electron chi connectivity index (χ4n) is 1.22. The Morgan fingerprint density at radius 1 is 1.12 bits per heavy atom. The van der Waals surface area contributed by atoms with Gasteiger partial charge in [0.25, 0.3) is 5.91 Å². The molecule has 0 saturated heterocycles. The smallest absolute Gasteiger partial charge is 0.266 e. The number of halogens is 1. The monoisotopic (exact) mass is 254 g/mol. The number of thiophene rings is 1. The minimum Gasteiger partial charge on any atom is -0.266 e. The number of nitrogens with two attached hydrogens (primary N) is 1. The van der Waals surface area contributed by atoms with Crippen molar-refractivity contribution in [3.05, 3.63) is 52.7 Å². The number of carbonyl (C=O) groups is 1. The number of rotatable bonds is 2. The number of nitrogens with zero attached hydrogens (tertiary/aromatic N) is 1. The van der Waals surface area contributed by atoms with E-state index in [1.165, 1.54) is 11.3 Å². The third kappa shape index (κ3) is 2.61. The highest BCUT2D eigenvalue weighted by Gasteiger charge is 2.14. The maximum Gasteiger partial charge on any atom is 0.282 e. The van der Waals surface area contributed by atoms with Gasteiger partial charge in [-0.25, -0.2) is 10.9 Å². The number of anilines is 1. The number of hydrazine groups is 1. The van der Waals surface area contributed by atoms with E-state index in [-0.39, 0.29) is 18.3 Å². The summed E-state index contributed by atoms with van der Waals surface area (Å²) in [5, 5.41) is 3.01. The molecule has 0 fully saturated rings. The highest BCUT2D eigenvalue weighted by molar-refractivity contribution is 7.12. The molecule has 0 radical (unpaired) electrons. The van der Waals surface area contributed by atoms with E-state index in [1.54, 1.807) is 18.2 Å². The first-order valence-corrected chi connectivity index (χ1v) is 5.35. The van der Waals surface area contributed by atoms with Gasteiger partial charge in [0, 0.05) is 0 Å². The average Bonchev–Trinajstić information content (AvgIpc) is 2.82. The van der Waals surface area contributed by atoms with Crippen molar-refractivity contribution in [2.24, 2.45) is 5.84 Å². The molecule has 5 heteroatoms. The number of carbonyl (C=O) groups excluding carboxylic acids is 1. The maximum atomic E-state index is 11.8. The summed E-state index contributed by atoms with van der Waals surface area (Å²) < 4.78 is 0. The summed E-state index contributed by atoms with van der Waals surface area (Å²) in [7, 11) is 0. The number of hydrogen-bond acceptors (Lipinski definition) is 3. The second-order valence-electron chi connectivity index (χ2n) is 2.99. The Kier molecular flexibility index (Phi) is 4.49. The number of hydrogen-bond donors (Lipinski definition) is 1. The van der Waals surface area contributed by atoms with E-state index in [0.717, 1.165) is 5.01 Å². The van der Waals surface area contributed by atoms with Crippen LogP contribution in [-0.4, -0.2) is 5.91 Å². The summed E-state index contributed by atoms with van der Waals surface area (Å²) >= 11 is 1.38. The van der Waals surface area contributed by atoms with Crippen molar-refractivity contribution in [1.29, 1.82) is 0 Å². The minimum atomic E-state index is -0.184. The maximum absolute atomic E-state index is 11.8. The molecule has 84 valence electrons. The molecular weight excluding hydrogens is 244 g/mol. The second-order valence-corrected chi connectivity index (χ2v) is 3.94. The fraction of sp³-hybridized carbons (Fsp3) is 0. The SMILES string of the molecule is Cl.NN(C(=O)c1cccs1)c1ccccc1. The molecule has 16 heavy (non-hydrogen) atoms. The summed E-state index contributed by atoms with van der Waals surface area (Å²) in [4.78, 5) is 12.5. The van der Waals surface area contributed by atoms with Crippen molar-refractivity contribution >= 4 is 35.3 Å². The van der Waals surface area contributed by atoms with Gasteiger partial charge in [-0.2, -0.15) is 0 Å². The van der Waals surface area contributed by atoms with Gasteiger partial charge in [-0.3, -0.25) is 4.79 Å². The Bertz CT molecular complexity index is 444. The molecule has 3 nitrogen and oxygen atoms in total. The molecule has 0 bridgehead atoms. The molecule has 1 amide bonds. The minimum absolute atomic E-state index is 0. The Balaban J connectivity index is 0.00000128. The van der Waals surface area contributed by atoms with Crippen molar-refractivity contribution in [1.82, 2.24) is 0 Å². The van der Waals surface area contributed by atoms with Gasteiger partial charge in [-0.1, -0.05) is 24.3 Å². The van der Waals surface area contributed by atoms with Crippen LogP contribution in [0.1, 0.15) is 9.67 Å². The fourth-order valence-corrected chi connectivity index (χ4v) is 1.88. The summed E-state index contributed by atoms with van der Waals surface area (Å²) in [6.07, 6.45) is 0. The molecule has 0 spiro atoms. The van der Waals surface area contributed by atoms with Crippen LogP contribution in [0, 0.1) is 0 Å². The van der Waals surface area contributed by atoms with Gasteiger partial charge in [0.1, 0.15) is 0 Å². The van der Waals surface area contributed by atoms with E-state index in [9.17, 15) is 4.79 Å². The zero-order chi connectivity index (χ0) is 10.7. The van der Waals surface area contributed by atoms with Gasteiger partial charge in [-0.05, 0) is 23.6 Å². The summed E-state index contributed by atoms with van der Waals surface area (Å²) in [5.41, 5.74) is 0.691. The molecule has 0 aliphatic carbocycles. The molecule has 1 aromatic carbocycles. The largest absolute Gasteiger partial charge is 0.282 e. The Hall–Kier alpha value is -1.36. The lowest BCUT2D eigenvalue weighted by Gasteiger charge is -2.15. The van der Waals surface area contributed by atoms with Gasteiger partial charge < -0.3 is 0 Å². The van der Waals surface area contributed by atoms with Gasteiger partial charge in [-0.15, -0.1) is 23.7 Å². The Morgan fingerprint density at radius 3 is 2.38 bits per heavy atom. The van der Waals surface area contributed by atoms with Crippen LogP contribution in [0.15, 0.2) is 47.8 Å². The topological polar surface area (TPSA) is 46.3 Å². The first kappa shape index (κ1) is 12.7. The van der Waals surface area contributed by atoms with E-state index >= 15 is 0 Å². The van der Waals surface area contributed by atoms with Gasteiger partial charge in [0.2, 0.25) is 0 Å². The summed E-state index contributed by atoms with van der Waals surface area (Å²) in [5.74, 6) is 5.54. The first-order chi connectivity index (χ1) is 7.29. The average molecular weight is 255 g/mol. The number of amides is 1. The highest BCUT2D eigenvalue weighted by atomic mass is 35.5. The third-order valence-corrected chi connectivity index (χ3v) is 2.84. The molecular formula is C11H11ClN2OS. The third-order valence-electron chi connectivity index (χ3n) is 1.99. The van der Waals surface area contributed by atoms with Gasteiger partial charge in [0.05, 0.1) is 10.6 Å². The van der Waals surface area contributed by atoms with Crippen LogP contribution < -0.4 is 10.9 Å². The van der Waals surface area contributed by atoms with Crippen LogP contribution in [0.2, 0.25) is 0 Å². The van der Waals surface area contributed by atoms with Crippen LogP contribution >= 0.6 is 23.7 Å². The van der Waals surface area contributed by atoms with Crippen molar-refractivity contribution in [2.75, 3.05) is 5.01 Å². The normalized spacial score (nSPS) is 9.31. The summed E-state index contributed by atoms with van der Waals surface area (Å²) in [6, 6.07) is 12.8. The zero-order valence-electron chi connectivity index (χ0n) is 8.37. The van der Waals surface area contributed by atoms with Crippen LogP contribution in [0.3, 0.4) is 0 Å². The quantitative estimate of drug-likeness (QED) is 0.509. The first-order valence-electron chi connectivity index (χ1n) is 4.47. The lowest BCUT2D eigenvalue weighted by molar-refractivity contribution is 0.0991. The van der Waals surface area contributed by atoms with Gasteiger partial charge >= 0.3 is 0 Å². The van der Waals surface area contributed by atoms with Crippen LogP contribution in [0.4, 0.5) is 5.69 Å². The van der Waals surface area contributed by atoms with Crippen LogP contribution in [0.25, 0.3) is 0 Å². The highest BCUT2D eigenvalue weighted by Crippen LogP contribution is 2.15. The standard InChI is InChI=1S/C11H10N2OS.ClH/c12-13(9-5-2-1-3-6-9)11(14)10-7-4-8-15-10;/h1-8H,12H2;1H. The molecule has 0 aliphatic rings. The Morgan fingerprint density at radius 2 is 1.81 bits per heavy atom. The lowest BCUT2D eigenvalue weighted by Crippen LogP contribution is -2.36. The van der Waals surface area contributed by atoms with E-state index in [2.05, 4.69) is 0 Å².